The highest BCUT2D eigenvalue weighted by atomic mass is 19.1. The lowest BCUT2D eigenvalue weighted by Gasteiger charge is -2.46. The molecule has 2 unspecified atom stereocenters. The molecule has 1 aliphatic rings. The Balaban J connectivity index is 2.08. The zero-order chi connectivity index (χ0) is 14.6. The lowest BCUT2D eigenvalue weighted by atomic mass is 9.92. The van der Waals surface area contributed by atoms with Crippen LogP contribution in [-0.2, 0) is 6.54 Å². The Kier molecular flexibility index (Phi) is 5.17. The van der Waals surface area contributed by atoms with Crippen LogP contribution in [0.3, 0.4) is 0 Å². The van der Waals surface area contributed by atoms with Gasteiger partial charge in [-0.3, -0.25) is 4.90 Å². The van der Waals surface area contributed by atoms with Crippen LogP contribution in [0, 0.1) is 5.82 Å². The van der Waals surface area contributed by atoms with Gasteiger partial charge in [-0.2, -0.15) is 0 Å². The average Bonchev–Trinajstić information content (AvgIpc) is 2.45. The van der Waals surface area contributed by atoms with E-state index in [2.05, 4.69) is 31.0 Å². The second-order valence-corrected chi connectivity index (χ2v) is 6.27. The fourth-order valence-electron chi connectivity index (χ4n) is 2.99. The van der Waals surface area contributed by atoms with Crippen LogP contribution in [0.25, 0.3) is 0 Å². The molecule has 0 spiro atoms. The number of rotatable bonds is 5. The van der Waals surface area contributed by atoms with Gasteiger partial charge in [-0.05, 0) is 37.5 Å². The largest absolute Gasteiger partial charge is 0.309 e. The molecular formula is C17H27FN2. The summed E-state index contributed by atoms with van der Waals surface area (Å²) in [5.74, 6) is -0.155. The summed E-state index contributed by atoms with van der Waals surface area (Å²) in [4.78, 5) is 2.57. The number of benzene rings is 1. The number of piperazine rings is 1. The van der Waals surface area contributed by atoms with E-state index in [1.807, 2.05) is 12.1 Å². The lowest BCUT2D eigenvalue weighted by Crippen LogP contribution is -2.62. The van der Waals surface area contributed by atoms with Gasteiger partial charge >= 0.3 is 0 Å². The van der Waals surface area contributed by atoms with Crippen molar-refractivity contribution in [2.75, 3.05) is 13.1 Å². The van der Waals surface area contributed by atoms with E-state index < -0.39 is 0 Å². The van der Waals surface area contributed by atoms with Crippen LogP contribution >= 0.6 is 0 Å². The highest BCUT2D eigenvalue weighted by Gasteiger charge is 2.33. The van der Waals surface area contributed by atoms with E-state index >= 15 is 0 Å². The molecule has 1 aliphatic heterocycles. The molecule has 20 heavy (non-hydrogen) atoms. The Morgan fingerprint density at radius 2 is 2.00 bits per heavy atom. The van der Waals surface area contributed by atoms with Crippen LogP contribution in [0.4, 0.5) is 4.39 Å². The third kappa shape index (κ3) is 3.80. The monoisotopic (exact) mass is 278 g/mol. The molecule has 2 nitrogen and oxygen atoms in total. The minimum Gasteiger partial charge on any atom is -0.309 e. The molecule has 0 saturated carbocycles. The molecule has 1 aromatic carbocycles. The van der Waals surface area contributed by atoms with Gasteiger partial charge in [0.1, 0.15) is 5.82 Å². The predicted octanol–water partition coefficient (Wildman–Crippen LogP) is 3.57. The molecule has 1 heterocycles. The summed E-state index contributed by atoms with van der Waals surface area (Å²) in [6.45, 7) is 9.81. The van der Waals surface area contributed by atoms with Crippen molar-refractivity contribution in [3.8, 4) is 0 Å². The van der Waals surface area contributed by atoms with Gasteiger partial charge in [0.05, 0.1) is 0 Å². The van der Waals surface area contributed by atoms with Crippen LogP contribution in [0.15, 0.2) is 24.3 Å². The van der Waals surface area contributed by atoms with Crippen molar-refractivity contribution in [1.29, 1.82) is 0 Å². The molecular weight excluding hydrogens is 251 g/mol. The Bertz CT molecular complexity index is 418. The summed E-state index contributed by atoms with van der Waals surface area (Å²) in [7, 11) is 0. The minimum absolute atomic E-state index is 0.155. The molecule has 0 bridgehead atoms. The standard InChI is InChI=1S/C17H27FN2/c1-4-6-16-11-19-17(3,5-2)13-20(16)12-14-7-9-15(18)10-8-14/h7-10,16,19H,4-6,11-13H2,1-3H3. The maximum absolute atomic E-state index is 13.0. The molecule has 1 N–H and O–H groups in total. The summed E-state index contributed by atoms with van der Waals surface area (Å²) in [6.07, 6.45) is 3.55. The first-order valence-corrected chi connectivity index (χ1v) is 7.80. The predicted molar refractivity (Wildman–Crippen MR) is 82.2 cm³/mol. The number of halogens is 1. The SMILES string of the molecule is CCCC1CNC(C)(CC)CN1Cc1ccc(F)cc1. The van der Waals surface area contributed by atoms with E-state index in [-0.39, 0.29) is 11.4 Å². The van der Waals surface area contributed by atoms with E-state index in [1.54, 1.807) is 12.1 Å². The second-order valence-electron chi connectivity index (χ2n) is 6.27. The quantitative estimate of drug-likeness (QED) is 0.886. The molecule has 3 heteroatoms. The van der Waals surface area contributed by atoms with Crippen molar-refractivity contribution in [2.45, 2.75) is 58.2 Å². The Morgan fingerprint density at radius 3 is 2.60 bits per heavy atom. The van der Waals surface area contributed by atoms with Gasteiger partial charge in [0, 0.05) is 31.2 Å². The number of nitrogens with zero attached hydrogens (tertiary/aromatic N) is 1. The lowest BCUT2D eigenvalue weighted by molar-refractivity contribution is 0.0725. The normalized spacial score (nSPS) is 27.7. The first-order valence-electron chi connectivity index (χ1n) is 7.80. The maximum Gasteiger partial charge on any atom is 0.123 e. The van der Waals surface area contributed by atoms with Crippen molar-refractivity contribution in [3.05, 3.63) is 35.6 Å². The highest BCUT2D eigenvalue weighted by Crippen LogP contribution is 2.23. The zero-order valence-electron chi connectivity index (χ0n) is 13.0. The Labute approximate surface area is 122 Å². The van der Waals surface area contributed by atoms with Crippen LogP contribution in [0.5, 0.6) is 0 Å². The molecule has 0 aromatic heterocycles. The van der Waals surface area contributed by atoms with Crippen molar-refractivity contribution in [2.24, 2.45) is 0 Å². The van der Waals surface area contributed by atoms with Crippen LogP contribution in [0.2, 0.25) is 0 Å². The van der Waals surface area contributed by atoms with E-state index in [4.69, 9.17) is 0 Å². The first kappa shape index (κ1) is 15.5. The zero-order valence-corrected chi connectivity index (χ0v) is 13.0. The molecule has 1 aromatic rings. The van der Waals surface area contributed by atoms with Gasteiger partial charge in [0.15, 0.2) is 0 Å². The van der Waals surface area contributed by atoms with Gasteiger partial charge in [-0.25, -0.2) is 4.39 Å². The van der Waals surface area contributed by atoms with Crippen LogP contribution in [-0.4, -0.2) is 29.6 Å². The van der Waals surface area contributed by atoms with Crippen molar-refractivity contribution in [3.63, 3.8) is 0 Å². The number of hydrogen-bond acceptors (Lipinski definition) is 2. The van der Waals surface area contributed by atoms with E-state index in [0.29, 0.717) is 6.04 Å². The summed E-state index contributed by atoms with van der Waals surface area (Å²) >= 11 is 0. The van der Waals surface area contributed by atoms with E-state index in [1.165, 1.54) is 18.4 Å². The van der Waals surface area contributed by atoms with E-state index in [9.17, 15) is 4.39 Å². The molecule has 2 rings (SSSR count). The van der Waals surface area contributed by atoms with Gasteiger partial charge in [0.2, 0.25) is 0 Å². The highest BCUT2D eigenvalue weighted by molar-refractivity contribution is 5.16. The molecule has 112 valence electrons. The minimum atomic E-state index is -0.155. The number of hydrogen-bond donors (Lipinski definition) is 1. The van der Waals surface area contributed by atoms with Crippen molar-refractivity contribution < 1.29 is 4.39 Å². The number of nitrogens with one attached hydrogen (secondary N) is 1. The van der Waals surface area contributed by atoms with Gasteiger partial charge in [-0.15, -0.1) is 0 Å². The summed E-state index contributed by atoms with van der Waals surface area (Å²) < 4.78 is 13.0. The van der Waals surface area contributed by atoms with Crippen LogP contribution < -0.4 is 5.32 Å². The second kappa shape index (κ2) is 6.68. The Hall–Kier alpha value is -0.930. The van der Waals surface area contributed by atoms with E-state index in [0.717, 1.165) is 26.1 Å². The molecule has 0 amide bonds. The molecule has 0 radical (unpaired) electrons. The van der Waals surface area contributed by atoms with Gasteiger partial charge in [0.25, 0.3) is 0 Å². The fourth-order valence-corrected chi connectivity index (χ4v) is 2.99. The van der Waals surface area contributed by atoms with Crippen molar-refractivity contribution in [1.82, 2.24) is 10.2 Å². The molecule has 1 fully saturated rings. The summed E-state index contributed by atoms with van der Waals surface area (Å²) in [5.41, 5.74) is 1.40. The topological polar surface area (TPSA) is 15.3 Å². The summed E-state index contributed by atoms with van der Waals surface area (Å²) in [6, 6.07) is 7.52. The fraction of sp³-hybridized carbons (Fsp3) is 0.647. The van der Waals surface area contributed by atoms with Crippen LogP contribution in [0.1, 0.15) is 45.6 Å². The molecule has 1 saturated heterocycles. The molecule has 0 aliphatic carbocycles. The van der Waals surface area contributed by atoms with Crippen molar-refractivity contribution >= 4 is 0 Å². The molecule has 2 atom stereocenters. The summed E-state index contributed by atoms with van der Waals surface area (Å²) in [5, 5.41) is 3.70. The third-order valence-electron chi connectivity index (χ3n) is 4.53. The van der Waals surface area contributed by atoms with Gasteiger partial charge < -0.3 is 5.32 Å². The Morgan fingerprint density at radius 1 is 1.30 bits per heavy atom. The first-order chi connectivity index (χ1) is 9.56. The maximum atomic E-state index is 13.0. The smallest absolute Gasteiger partial charge is 0.123 e. The average molecular weight is 278 g/mol. The van der Waals surface area contributed by atoms with Gasteiger partial charge in [-0.1, -0.05) is 32.4 Å². The third-order valence-corrected chi connectivity index (χ3v) is 4.53.